The second-order valence-electron chi connectivity index (χ2n) is 18.7. The fraction of sp³-hybridized carbons (Fsp3) is 0.650. The Bertz CT molecular complexity index is 1910. The van der Waals surface area contributed by atoms with E-state index in [4.69, 9.17) is 10.5 Å². The van der Waals surface area contributed by atoms with Crippen LogP contribution in [0.5, 0.6) is 0 Å². The molecule has 2 aliphatic carbocycles. The van der Waals surface area contributed by atoms with Crippen molar-refractivity contribution in [3.63, 3.8) is 0 Å². The van der Waals surface area contributed by atoms with E-state index in [0.717, 1.165) is 106 Å². The third-order valence-corrected chi connectivity index (χ3v) is 12.0. The van der Waals surface area contributed by atoms with E-state index in [1.54, 1.807) is 17.1 Å². The zero-order valence-corrected chi connectivity index (χ0v) is 37.3. The van der Waals surface area contributed by atoms with Gasteiger partial charge in [0.1, 0.15) is 6.73 Å². The van der Waals surface area contributed by atoms with E-state index >= 15 is 0 Å². The summed E-state index contributed by atoms with van der Waals surface area (Å²) in [6.07, 6.45) is 12.6. The van der Waals surface area contributed by atoms with Gasteiger partial charge in [0.2, 0.25) is 0 Å². The van der Waals surface area contributed by atoms with Crippen LogP contribution in [0, 0.1) is 10.8 Å². The quantitative estimate of drug-likeness (QED) is 0.0947. The van der Waals surface area contributed by atoms with Crippen molar-refractivity contribution < 1.29 is 19.4 Å². The van der Waals surface area contributed by atoms with Crippen LogP contribution < -0.4 is 11.1 Å². The molecular formula is C40H68N12O4Si. The number of carboxylic acids is 1. The summed E-state index contributed by atoms with van der Waals surface area (Å²) in [7, 11) is 7.00. The van der Waals surface area contributed by atoms with Crippen molar-refractivity contribution >= 4 is 31.3 Å². The molecule has 0 spiro atoms. The number of aromatic nitrogens is 8. The van der Waals surface area contributed by atoms with Crippen molar-refractivity contribution in [2.45, 2.75) is 112 Å². The fourth-order valence-corrected chi connectivity index (χ4v) is 7.45. The van der Waals surface area contributed by atoms with Crippen LogP contribution in [-0.2, 0) is 50.2 Å². The van der Waals surface area contributed by atoms with Gasteiger partial charge in [0.05, 0.1) is 36.9 Å². The first-order valence-electron chi connectivity index (χ1n) is 20.0. The number of H-pyrrole nitrogens is 1. The number of rotatable bonds is 14. The van der Waals surface area contributed by atoms with Crippen molar-refractivity contribution in [1.29, 1.82) is 0 Å². The molecular weight excluding hydrogens is 741 g/mol. The predicted octanol–water partition coefficient (Wildman–Crippen LogP) is 5.37. The molecule has 2 aliphatic rings. The Morgan fingerprint density at radius 1 is 0.912 bits per heavy atom. The van der Waals surface area contributed by atoms with Crippen LogP contribution in [0.25, 0.3) is 0 Å². The van der Waals surface area contributed by atoms with Gasteiger partial charge in [-0.3, -0.25) is 19.3 Å². The number of hydrogen-bond donors (Lipinski definition) is 4. The Morgan fingerprint density at radius 3 is 2.09 bits per heavy atom. The Labute approximate surface area is 339 Å². The number of carbonyl (C=O) groups excluding carboxylic acids is 1. The number of nitrogens with two attached hydrogens (primary N) is 1. The van der Waals surface area contributed by atoms with Crippen molar-refractivity contribution in [3.8, 4) is 0 Å². The van der Waals surface area contributed by atoms with E-state index in [1.165, 1.54) is 0 Å². The predicted molar refractivity (Wildman–Crippen MR) is 227 cm³/mol. The molecule has 4 heterocycles. The number of likely N-dealkylation sites (N-methyl/N-ethyl adjacent to an activating group) is 2. The molecule has 0 bridgehead atoms. The molecule has 316 valence electrons. The van der Waals surface area contributed by atoms with Crippen LogP contribution >= 0.6 is 0 Å². The molecule has 0 atom stereocenters. The molecule has 0 saturated carbocycles. The van der Waals surface area contributed by atoms with Crippen molar-refractivity contribution in [2.24, 2.45) is 10.8 Å². The average Bonchev–Trinajstić information content (AvgIpc) is 3.90. The standard InChI is InChI=1S/C17H26N6O.C16H28N2O3Si.C7H14N4/c1-17(2)6-5-13-14(9-17)20-21-15(13)16(24)19-12-10-18-23(11-12)8-7-22(3)4;1-16(2)7-6-12-13(10-16)18(17-14(12)15(19)20)11-21-8-9-22(3,4)5;1-10(2)3-4-11-6-7(8)5-9-11/h10-11H,5-9H2,1-4H3,(H,19,24)(H,20,21);6-11H2,1-5H3,(H,19,20);5-6H,3-4,8H2,1-2H3. The highest BCUT2D eigenvalue weighted by Crippen LogP contribution is 2.37. The lowest BCUT2D eigenvalue weighted by Gasteiger charge is -2.30. The third-order valence-electron chi connectivity index (χ3n) is 10.2. The minimum absolute atomic E-state index is 0.167. The Hall–Kier alpha value is -4.32. The molecule has 0 aliphatic heterocycles. The number of fused-ring (bicyclic) bond motifs is 2. The summed E-state index contributed by atoms with van der Waals surface area (Å²) in [5, 5.41) is 32.2. The molecule has 0 aromatic carbocycles. The molecule has 4 aromatic rings. The minimum Gasteiger partial charge on any atom is -0.476 e. The van der Waals surface area contributed by atoms with Crippen molar-refractivity contribution in [3.05, 3.63) is 58.7 Å². The second kappa shape index (κ2) is 19.4. The number of carboxylic acid groups (broad SMARTS) is 1. The highest BCUT2D eigenvalue weighted by molar-refractivity contribution is 6.76. The highest BCUT2D eigenvalue weighted by atomic mass is 28.3. The zero-order valence-electron chi connectivity index (χ0n) is 36.3. The Kier molecular flexibility index (Phi) is 15.5. The van der Waals surface area contributed by atoms with E-state index in [2.05, 4.69) is 87.9 Å². The van der Waals surface area contributed by atoms with Gasteiger partial charge in [-0.2, -0.15) is 20.4 Å². The van der Waals surface area contributed by atoms with E-state index in [0.29, 0.717) is 18.1 Å². The van der Waals surface area contributed by atoms with Crippen LogP contribution in [0.4, 0.5) is 11.4 Å². The number of carbonyl (C=O) groups is 2. The van der Waals surface area contributed by atoms with Crippen molar-refractivity contribution in [2.75, 3.05) is 58.9 Å². The van der Waals surface area contributed by atoms with Gasteiger partial charge in [0, 0.05) is 62.7 Å². The first-order valence-corrected chi connectivity index (χ1v) is 23.7. The number of nitrogen functional groups attached to an aromatic ring is 1. The lowest BCUT2D eigenvalue weighted by molar-refractivity contribution is 0.0667. The van der Waals surface area contributed by atoms with Gasteiger partial charge in [-0.1, -0.05) is 47.3 Å². The normalized spacial score (nSPS) is 15.6. The number of hydrogen-bond acceptors (Lipinski definition) is 10. The molecule has 16 nitrogen and oxygen atoms in total. The molecule has 57 heavy (non-hydrogen) atoms. The molecule has 6 rings (SSSR count). The topological polar surface area (TPSA) is 190 Å². The third kappa shape index (κ3) is 14.2. The van der Waals surface area contributed by atoms with Crippen LogP contribution in [0.1, 0.15) is 84.0 Å². The van der Waals surface area contributed by atoms with E-state index < -0.39 is 14.0 Å². The lowest BCUT2D eigenvalue weighted by Crippen LogP contribution is -2.25. The lowest BCUT2D eigenvalue weighted by atomic mass is 9.76. The van der Waals surface area contributed by atoms with Gasteiger partial charge in [-0.05, 0) is 83.6 Å². The van der Waals surface area contributed by atoms with Crippen LogP contribution in [0.3, 0.4) is 0 Å². The van der Waals surface area contributed by atoms with Crippen LogP contribution in [0.15, 0.2) is 24.8 Å². The molecule has 0 saturated heterocycles. The molecule has 1 amide bonds. The highest BCUT2D eigenvalue weighted by Gasteiger charge is 2.33. The maximum Gasteiger partial charge on any atom is 0.356 e. The second-order valence-corrected chi connectivity index (χ2v) is 24.3. The van der Waals surface area contributed by atoms with Crippen LogP contribution in [-0.4, -0.2) is 122 Å². The monoisotopic (exact) mass is 809 g/mol. The molecule has 0 unspecified atom stereocenters. The number of amides is 1. The molecule has 5 N–H and O–H groups in total. The molecule has 0 radical (unpaired) electrons. The number of nitrogens with zero attached hydrogens (tertiary/aromatic N) is 9. The van der Waals surface area contributed by atoms with Gasteiger partial charge >= 0.3 is 5.97 Å². The van der Waals surface area contributed by atoms with E-state index in [-0.39, 0.29) is 22.4 Å². The van der Waals surface area contributed by atoms with Gasteiger partial charge in [-0.15, -0.1) is 0 Å². The molecule has 17 heteroatoms. The van der Waals surface area contributed by atoms with Crippen molar-refractivity contribution in [1.82, 2.24) is 49.3 Å². The number of ether oxygens (including phenoxy) is 1. The molecule has 0 fully saturated rings. The number of anilines is 2. The summed E-state index contributed by atoms with van der Waals surface area (Å²) in [4.78, 5) is 28.1. The number of nitrogens with one attached hydrogen (secondary N) is 2. The summed E-state index contributed by atoms with van der Waals surface area (Å²) in [5.41, 5.74) is 12.2. The van der Waals surface area contributed by atoms with E-state index in [9.17, 15) is 14.7 Å². The van der Waals surface area contributed by atoms with E-state index in [1.807, 2.05) is 49.9 Å². The first-order chi connectivity index (χ1) is 26.6. The molecule has 4 aromatic heterocycles. The average molecular weight is 809 g/mol. The summed E-state index contributed by atoms with van der Waals surface area (Å²) in [5.74, 6) is -1.10. The van der Waals surface area contributed by atoms with Crippen LogP contribution in [0.2, 0.25) is 25.7 Å². The maximum absolute atomic E-state index is 12.5. The number of aromatic amines is 1. The Morgan fingerprint density at radius 2 is 1.51 bits per heavy atom. The van der Waals surface area contributed by atoms with Gasteiger partial charge < -0.3 is 30.7 Å². The minimum atomic E-state index is -1.11. The smallest absolute Gasteiger partial charge is 0.356 e. The summed E-state index contributed by atoms with van der Waals surface area (Å²) in [6, 6.07) is 1.10. The zero-order chi connectivity index (χ0) is 42.1. The summed E-state index contributed by atoms with van der Waals surface area (Å²) >= 11 is 0. The largest absolute Gasteiger partial charge is 0.476 e. The number of aromatic carboxylic acids is 1. The maximum atomic E-state index is 12.5. The first kappa shape index (κ1) is 45.4. The van der Waals surface area contributed by atoms with Gasteiger partial charge in [0.25, 0.3) is 5.91 Å². The summed E-state index contributed by atoms with van der Waals surface area (Å²) < 4.78 is 11.2. The summed E-state index contributed by atoms with van der Waals surface area (Å²) in [6.45, 7) is 20.5. The van der Waals surface area contributed by atoms with Gasteiger partial charge in [-0.25, -0.2) is 9.48 Å². The fourth-order valence-electron chi connectivity index (χ4n) is 6.69. The van der Waals surface area contributed by atoms with Gasteiger partial charge in [0.15, 0.2) is 11.4 Å². The Balaban J connectivity index is 0.000000202. The SMILES string of the molecule is CC1(C)CCc2c(C(=O)O)nn(COCC[Si](C)(C)C)c2C1.CN(C)CCn1cc(N)cn1.CN(C)CCn1cc(NC(=O)c2n[nH]c3c2CCC(C)(C)C3)cn1.